The Kier molecular flexibility index (Phi) is 5.91. The third-order valence-corrected chi connectivity index (χ3v) is 1.91. The average molecular weight is 164 g/mol. The van der Waals surface area contributed by atoms with Gasteiger partial charge in [0.2, 0.25) is 0 Å². The average Bonchev–Trinajstić information content (AvgIpc) is 1.63. The van der Waals surface area contributed by atoms with E-state index in [1.165, 1.54) is 12.8 Å². The van der Waals surface area contributed by atoms with Gasteiger partial charge in [0.25, 0.3) is 0 Å². The fourth-order valence-corrected chi connectivity index (χ4v) is 1.84. The first kappa shape index (κ1) is 9.70. The second-order valence-electron chi connectivity index (χ2n) is 2.53. The van der Waals surface area contributed by atoms with Gasteiger partial charge < -0.3 is 0 Å². The van der Waals surface area contributed by atoms with Crippen LogP contribution in [0.1, 0.15) is 33.1 Å². The van der Waals surface area contributed by atoms with Gasteiger partial charge in [0.15, 0.2) is 0 Å². The molecule has 0 N–H and O–H groups in total. The molecule has 0 saturated carbocycles. The fourth-order valence-electron chi connectivity index (χ4n) is 0.845. The number of thiol groups is 2. The van der Waals surface area contributed by atoms with Gasteiger partial charge in [-0.2, -0.15) is 25.3 Å². The molecule has 0 rings (SSSR count). The van der Waals surface area contributed by atoms with Crippen LogP contribution in [-0.2, 0) is 0 Å². The van der Waals surface area contributed by atoms with Gasteiger partial charge in [-0.15, -0.1) is 0 Å². The summed E-state index contributed by atoms with van der Waals surface area (Å²) in [5, 5.41) is 1.06. The monoisotopic (exact) mass is 164 g/mol. The maximum Gasteiger partial charge on any atom is 0.00270 e. The molecule has 9 heavy (non-hydrogen) atoms. The molecular weight excluding hydrogens is 148 g/mol. The molecule has 0 saturated heterocycles. The third-order valence-electron chi connectivity index (χ3n) is 1.24. The second-order valence-corrected chi connectivity index (χ2v) is 4.14. The van der Waals surface area contributed by atoms with Crippen molar-refractivity contribution in [3.63, 3.8) is 0 Å². The molecule has 0 aliphatic heterocycles. The van der Waals surface area contributed by atoms with Crippen LogP contribution in [0.3, 0.4) is 0 Å². The van der Waals surface area contributed by atoms with Crippen LogP contribution in [0.2, 0.25) is 0 Å². The van der Waals surface area contributed by atoms with Crippen molar-refractivity contribution < 1.29 is 0 Å². The number of hydrogen-bond acceptors (Lipinski definition) is 2. The highest BCUT2D eigenvalue weighted by Gasteiger charge is 2.03. The van der Waals surface area contributed by atoms with E-state index in [-0.39, 0.29) is 0 Å². The first-order valence-corrected chi connectivity index (χ1v) is 4.56. The van der Waals surface area contributed by atoms with Crippen molar-refractivity contribution in [1.29, 1.82) is 0 Å². The molecule has 0 aromatic heterocycles. The highest BCUT2D eigenvalue weighted by Crippen LogP contribution is 2.13. The lowest BCUT2D eigenvalue weighted by molar-refractivity contribution is 0.686. The molecule has 0 heterocycles. The highest BCUT2D eigenvalue weighted by atomic mass is 32.1. The molecule has 0 nitrogen and oxygen atoms in total. The molecule has 0 radical (unpaired) electrons. The van der Waals surface area contributed by atoms with Crippen molar-refractivity contribution in [3.05, 3.63) is 0 Å². The third kappa shape index (κ3) is 6.59. The smallest absolute Gasteiger partial charge is 0.00270 e. The normalized spacial score (nSPS) is 17.3. The van der Waals surface area contributed by atoms with Crippen molar-refractivity contribution >= 4 is 25.3 Å². The topological polar surface area (TPSA) is 0 Å². The number of rotatable bonds is 4. The molecule has 0 fully saturated rings. The summed E-state index contributed by atoms with van der Waals surface area (Å²) in [6.45, 7) is 4.30. The van der Waals surface area contributed by atoms with E-state index < -0.39 is 0 Å². The van der Waals surface area contributed by atoms with Gasteiger partial charge >= 0.3 is 0 Å². The Morgan fingerprint density at radius 3 is 2.22 bits per heavy atom. The predicted molar refractivity (Wildman–Crippen MR) is 50.7 cm³/mol. The SMILES string of the molecule is CCCC(S)CC(C)S. The van der Waals surface area contributed by atoms with E-state index in [0.717, 1.165) is 6.42 Å². The first-order valence-electron chi connectivity index (χ1n) is 3.53. The fraction of sp³-hybridized carbons (Fsp3) is 1.00. The van der Waals surface area contributed by atoms with E-state index in [2.05, 4.69) is 39.1 Å². The van der Waals surface area contributed by atoms with Crippen LogP contribution in [0.25, 0.3) is 0 Å². The number of hydrogen-bond donors (Lipinski definition) is 2. The summed E-state index contributed by atoms with van der Waals surface area (Å²) in [6, 6.07) is 0. The summed E-state index contributed by atoms with van der Waals surface area (Å²) in [5.74, 6) is 0. The second kappa shape index (κ2) is 5.48. The first-order chi connectivity index (χ1) is 4.16. The van der Waals surface area contributed by atoms with Gasteiger partial charge in [-0.3, -0.25) is 0 Å². The molecule has 0 aliphatic carbocycles. The van der Waals surface area contributed by atoms with Crippen molar-refractivity contribution in [2.45, 2.75) is 43.6 Å². The Balaban J connectivity index is 3.15. The zero-order valence-corrected chi connectivity index (χ0v) is 7.96. The minimum Gasteiger partial charge on any atom is -0.176 e. The molecule has 2 heteroatoms. The van der Waals surface area contributed by atoms with Gasteiger partial charge in [-0.1, -0.05) is 20.3 Å². The van der Waals surface area contributed by atoms with E-state index in [1.807, 2.05) is 0 Å². The van der Waals surface area contributed by atoms with E-state index in [4.69, 9.17) is 0 Å². The van der Waals surface area contributed by atoms with Gasteiger partial charge in [0.1, 0.15) is 0 Å². The van der Waals surface area contributed by atoms with Crippen molar-refractivity contribution in [2.75, 3.05) is 0 Å². The zero-order valence-electron chi connectivity index (χ0n) is 6.17. The molecular formula is C7H16S2. The lowest BCUT2D eigenvalue weighted by Crippen LogP contribution is -2.04. The standard InChI is InChI=1S/C7H16S2/c1-3-4-7(9)5-6(2)8/h6-9H,3-5H2,1-2H3. The Bertz CT molecular complexity index is 61.9. The quantitative estimate of drug-likeness (QED) is 0.587. The van der Waals surface area contributed by atoms with Crippen molar-refractivity contribution in [3.8, 4) is 0 Å². The van der Waals surface area contributed by atoms with E-state index >= 15 is 0 Å². The molecule has 0 amide bonds. The maximum absolute atomic E-state index is 4.40. The highest BCUT2D eigenvalue weighted by molar-refractivity contribution is 7.81. The summed E-state index contributed by atoms with van der Waals surface area (Å²) < 4.78 is 0. The van der Waals surface area contributed by atoms with Crippen LogP contribution in [-0.4, -0.2) is 10.5 Å². The van der Waals surface area contributed by atoms with E-state index in [1.54, 1.807) is 0 Å². The van der Waals surface area contributed by atoms with Crippen molar-refractivity contribution in [1.82, 2.24) is 0 Å². The lowest BCUT2D eigenvalue weighted by atomic mass is 10.1. The maximum atomic E-state index is 4.40. The molecule has 0 spiro atoms. The Morgan fingerprint density at radius 2 is 1.89 bits per heavy atom. The van der Waals surface area contributed by atoms with Gasteiger partial charge in [0.05, 0.1) is 0 Å². The summed E-state index contributed by atoms with van der Waals surface area (Å²) in [5.41, 5.74) is 0. The molecule has 0 bridgehead atoms. The van der Waals surface area contributed by atoms with Crippen LogP contribution >= 0.6 is 25.3 Å². The summed E-state index contributed by atoms with van der Waals surface area (Å²) >= 11 is 8.68. The zero-order chi connectivity index (χ0) is 7.28. The summed E-state index contributed by atoms with van der Waals surface area (Å²) in [7, 11) is 0. The van der Waals surface area contributed by atoms with Crippen LogP contribution in [0, 0.1) is 0 Å². The minimum atomic E-state index is 0.499. The molecule has 56 valence electrons. The minimum absolute atomic E-state index is 0.499. The van der Waals surface area contributed by atoms with Gasteiger partial charge in [-0.05, 0) is 18.1 Å². The largest absolute Gasteiger partial charge is 0.176 e. The van der Waals surface area contributed by atoms with Crippen LogP contribution in [0.4, 0.5) is 0 Å². The van der Waals surface area contributed by atoms with Crippen molar-refractivity contribution in [2.24, 2.45) is 0 Å². The summed E-state index contributed by atoms with van der Waals surface area (Å²) in [6.07, 6.45) is 3.57. The lowest BCUT2D eigenvalue weighted by Gasteiger charge is -2.10. The van der Waals surface area contributed by atoms with Gasteiger partial charge in [0, 0.05) is 5.25 Å². The molecule has 2 unspecified atom stereocenters. The summed E-state index contributed by atoms with van der Waals surface area (Å²) in [4.78, 5) is 0. The van der Waals surface area contributed by atoms with Crippen LogP contribution < -0.4 is 0 Å². The van der Waals surface area contributed by atoms with Crippen LogP contribution in [0.15, 0.2) is 0 Å². The Hall–Kier alpha value is 0.700. The molecule has 0 aliphatic rings. The van der Waals surface area contributed by atoms with E-state index in [9.17, 15) is 0 Å². The molecule has 0 aromatic carbocycles. The molecule has 2 atom stereocenters. The van der Waals surface area contributed by atoms with E-state index in [0.29, 0.717) is 10.5 Å². The Morgan fingerprint density at radius 1 is 1.33 bits per heavy atom. The predicted octanol–water partition coefficient (Wildman–Crippen LogP) is 2.79. The van der Waals surface area contributed by atoms with Gasteiger partial charge in [-0.25, -0.2) is 0 Å². The Labute approximate surface area is 69.2 Å². The molecule has 0 aromatic rings. The van der Waals surface area contributed by atoms with Crippen LogP contribution in [0.5, 0.6) is 0 Å².